The number of amidine groups is 3. The van der Waals surface area contributed by atoms with Crippen LogP contribution >= 0.6 is 0 Å². The maximum Gasteiger partial charge on any atom is 0.150 e. The standard InChI is InChI=1S/C22H14N4O/c1-27-13-10-11-16-19(12-13)25-21-15-7-3-5-9-18(15)23-20-14-6-2-4-8-17(14)24-22(16)26(20)21/h2-12H,1H3. The third kappa shape index (κ3) is 1.91. The van der Waals surface area contributed by atoms with E-state index < -0.39 is 0 Å². The highest BCUT2D eigenvalue weighted by molar-refractivity contribution is 6.36. The van der Waals surface area contributed by atoms with Crippen molar-refractivity contribution in [1.29, 1.82) is 0 Å². The van der Waals surface area contributed by atoms with Gasteiger partial charge < -0.3 is 4.74 Å². The van der Waals surface area contributed by atoms with E-state index in [2.05, 4.69) is 17.0 Å². The molecule has 6 rings (SSSR count). The van der Waals surface area contributed by atoms with Crippen molar-refractivity contribution >= 4 is 34.6 Å². The zero-order chi connectivity index (χ0) is 18.0. The zero-order valence-electron chi connectivity index (χ0n) is 14.5. The van der Waals surface area contributed by atoms with Crippen molar-refractivity contribution in [3.05, 3.63) is 83.4 Å². The van der Waals surface area contributed by atoms with E-state index in [1.165, 1.54) is 0 Å². The van der Waals surface area contributed by atoms with E-state index in [0.717, 1.165) is 57.0 Å². The Bertz CT molecular complexity index is 1220. The van der Waals surface area contributed by atoms with Gasteiger partial charge in [-0.2, -0.15) is 0 Å². The molecule has 0 radical (unpaired) electrons. The molecule has 3 aromatic carbocycles. The zero-order valence-corrected chi connectivity index (χ0v) is 14.5. The van der Waals surface area contributed by atoms with Crippen LogP contribution in [-0.2, 0) is 0 Å². The molecule has 0 aliphatic carbocycles. The molecule has 27 heavy (non-hydrogen) atoms. The number of fused-ring (bicyclic) bond motifs is 6. The summed E-state index contributed by atoms with van der Waals surface area (Å²) in [5.41, 5.74) is 5.69. The van der Waals surface area contributed by atoms with E-state index in [0.29, 0.717) is 0 Å². The summed E-state index contributed by atoms with van der Waals surface area (Å²) >= 11 is 0. The van der Waals surface area contributed by atoms with Crippen LogP contribution in [0.1, 0.15) is 16.7 Å². The number of hydrogen-bond acceptors (Lipinski definition) is 5. The first-order valence-electron chi connectivity index (χ1n) is 8.77. The maximum absolute atomic E-state index is 5.40. The molecule has 5 nitrogen and oxygen atoms in total. The van der Waals surface area contributed by atoms with E-state index in [1.54, 1.807) is 7.11 Å². The fourth-order valence-corrected chi connectivity index (χ4v) is 3.78. The molecular formula is C22H14N4O. The maximum atomic E-state index is 5.40. The van der Waals surface area contributed by atoms with E-state index >= 15 is 0 Å². The number of aliphatic imine (C=N–C) groups is 3. The molecule has 0 atom stereocenters. The van der Waals surface area contributed by atoms with Crippen molar-refractivity contribution in [2.45, 2.75) is 0 Å². The molecule has 0 unspecified atom stereocenters. The molecule has 3 aromatic rings. The Kier molecular flexibility index (Phi) is 2.75. The van der Waals surface area contributed by atoms with Gasteiger partial charge in [-0.3, -0.25) is 4.90 Å². The topological polar surface area (TPSA) is 49.6 Å². The average molecular weight is 350 g/mol. The van der Waals surface area contributed by atoms with Crippen LogP contribution in [0.3, 0.4) is 0 Å². The van der Waals surface area contributed by atoms with Crippen molar-refractivity contribution in [1.82, 2.24) is 4.90 Å². The van der Waals surface area contributed by atoms with Crippen LogP contribution in [0.15, 0.2) is 81.7 Å². The lowest BCUT2D eigenvalue weighted by atomic mass is 9.98. The fourth-order valence-electron chi connectivity index (χ4n) is 3.78. The molecule has 0 aromatic heterocycles. The number of nitrogens with zero attached hydrogens (tertiary/aromatic N) is 4. The molecule has 3 aliphatic rings. The smallest absolute Gasteiger partial charge is 0.150 e. The number of methoxy groups -OCH3 is 1. The van der Waals surface area contributed by atoms with Crippen LogP contribution in [0.4, 0.5) is 17.1 Å². The van der Waals surface area contributed by atoms with Gasteiger partial charge in [0, 0.05) is 22.8 Å². The highest BCUT2D eigenvalue weighted by atomic mass is 16.5. The second-order valence-electron chi connectivity index (χ2n) is 6.56. The molecule has 0 fully saturated rings. The summed E-state index contributed by atoms with van der Waals surface area (Å²) < 4.78 is 5.40. The quantitative estimate of drug-likeness (QED) is 0.645. The minimum absolute atomic E-state index is 0.779. The molecule has 3 heterocycles. The second-order valence-corrected chi connectivity index (χ2v) is 6.56. The van der Waals surface area contributed by atoms with Gasteiger partial charge in [-0.05, 0) is 36.4 Å². The number of rotatable bonds is 1. The van der Waals surface area contributed by atoms with Gasteiger partial charge in [-0.15, -0.1) is 0 Å². The van der Waals surface area contributed by atoms with E-state index in [9.17, 15) is 0 Å². The summed E-state index contributed by atoms with van der Waals surface area (Å²) in [4.78, 5) is 17.0. The number of hydrogen-bond donors (Lipinski definition) is 0. The molecule has 128 valence electrons. The van der Waals surface area contributed by atoms with Crippen LogP contribution in [0.2, 0.25) is 0 Å². The van der Waals surface area contributed by atoms with Gasteiger partial charge in [0.15, 0.2) is 0 Å². The van der Waals surface area contributed by atoms with Crippen LogP contribution in [0.5, 0.6) is 5.75 Å². The largest absolute Gasteiger partial charge is 0.497 e. The summed E-state index contributed by atoms with van der Waals surface area (Å²) in [5.74, 6) is 3.35. The van der Waals surface area contributed by atoms with Gasteiger partial charge in [0.25, 0.3) is 0 Å². The highest BCUT2D eigenvalue weighted by Gasteiger charge is 2.38. The molecule has 0 bridgehead atoms. The molecule has 5 heteroatoms. The normalized spacial score (nSPS) is 15.4. The predicted molar refractivity (Wildman–Crippen MR) is 106 cm³/mol. The molecule has 0 amide bonds. The van der Waals surface area contributed by atoms with Crippen molar-refractivity contribution in [3.63, 3.8) is 0 Å². The summed E-state index contributed by atoms with van der Waals surface area (Å²) in [5, 5.41) is 0. The Morgan fingerprint density at radius 3 is 1.74 bits per heavy atom. The van der Waals surface area contributed by atoms with Crippen molar-refractivity contribution in [3.8, 4) is 5.75 Å². The number of ether oxygens (including phenoxy) is 1. The van der Waals surface area contributed by atoms with Gasteiger partial charge in [0.05, 0.1) is 24.2 Å². The van der Waals surface area contributed by atoms with E-state index in [-0.39, 0.29) is 0 Å². The Balaban J connectivity index is 1.74. The molecule has 0 saturated heterocycles. The highest BCUT2D eigenvalue weighted by Crippen LogP contribution is 2.41. The lowest BCUT2D eigenvalue weighted by molar-refractivity contribution is 0.415. The lowest BCUT2D eigenvalue weighted by Gasteiger charge is -2.38. The van der Waals surface area contributed by atoms with Gasteiger partial charge in [-0.25, -0.2) is 15.0 Å². The van der Waals surface area contributed by atoms with Gasteiger partial charge in [-0.1, -0.05) is 24.3 Å². The predicted octanol–water partition coefficient (Wildman–Crippen LogP) is 4.57. The third-order valence-corrected chi connectivity index (χ3v) is 5.05. The van der Waals surface area contributed by atoms with Crippen molar-refractivity contribution in [2.75, 3.05) is 7.11 Å². The van der Waals surface area contributed by atoms with Crippen molar-refractivity contribution in [2.24, 2.45) is 15.0 Å². The van der Waals surface area contributed by atoms with Gasteiger partial charge >= 0.3 is 0 Å². The Hall–Kier alpha value is -3.73. The lowest BCUT2D eigenvalue weighted by Crippen LogP contribution is -2.48. The van der Waals surface area contributed by atoms with Crippen LogP contribution in [0, 0.1) is 0 Å². The Morgan fingerprint density at radius 1 is 0.630 bits per heavy atom. The molecule has 0 N–H and O–H groups in total. The summed E-state index contributed by atoms with van der Waals surface area (Å²) in [6.45, 7) is 0. The summed E-state index contributed by atoms with van der Waals surface area (Å²) in [7, 11) is 1.67. The van der Waals surface area contributed by atoms with Crippen LogP contribution < -0.4 is 4.74 Å². The first kappa shape index (κ1) is 14.4. The van der Waals surface area contributed by atoms with E-state index in [1.807, 2.05) is 54.6 Å². The summed E-state index contributed by atoms with van der Waals surface area (Å²) in [6, 6.07) is 22.1. The summed E-state index contributed by atoms with van der Waals surface area (Å²) in [6.07, 6.45) is 0. The number of para-hydroxylation sites is 2. The minimum Gasteiger partial charge on any atom is -0.497 e. The number of benzene rings is 3. The second kappa shape index (κ2) is 5.14. The molecular weight excluding hydrogens is 336 g/mol. The van der Waals surface area contributed by atoms with Crippen LogP contribution in [0.25, 0.3) is 0 Å². The fraction of sp³-hybridized carbons (Fsp3) is 0.0455. The first-order chi connectivity index (χ1) is 13.3. The Labute approximate surface area is 156 Å². The monoisotopic (exact) mass is 350 g/mol. The van der Waals surface area contributed by atoms with Gasteiger partial charge in [0.1, 0.15) is 23.3 Å². The minimum atomic E-state index is 0.779. The van der Waals surface area contributed by atoms with Crippen LogP contribution in [-0.4, -0.2) is 29.5 Å². The molecule has 3 aliphatic heterocycles. The SMILES string of the molecule is COc1ccc2c(c1)N=C1c3ccccc3N=C3c4ccccc4N=C2N31. The van der Waals surface area contributed by atoms with Gasteiger partial charge in [0.2, 0.25) is 0 Å². The molecule has 0 saturated carbocycles. The van der Waals surface area contributed by atoms with E-state index in [4.69, 9.17) is 19.7 Å². The molecule has 0 spiro atoms. The third-order valence-electron chi connectivity index (χ3n) is 5.05. The average Bonchev–Trinajstić information content (AvgIpc) is 2.73. The Morgan fingerprint density at radius 2 is 1.15 bits per heavy atom. The van der Waals surface area contributed by atoms with Crippen molar-refractivity contribution < 1.29 is 4.74 Å². The first-order valence-corrected chi connectivity index (χ1v) is 8.77.